The zero-order valence-electron chi connectivity index (χ0n) is 7.19. The van der Waals surface area contributed by atoms with E-state index in [0.29, 0.717) is 0 Å². The molecule has 1 fully saturated rings. The van der Waals surface area contributed by atoms with Gasteiger partial charge >= 0.3 is 0 Å². The SMILES string of the molecule is C=C(CCC)CC1CC1C. The topological polar surface area (TPSA) is 0 Å². The minimum absolute atomic E-state index is 0.994. The van der Waals surface area contributed by atoms with Crippen LogP contribution >= 0.6 is 0 Å². The summed E-state index contributed by atoms with van der Waals surface area (Å²) in [5.41, 5.74) is 1.47. The molecule has 0 aromatic heterocycles. The molecule has 0 nitrogen and oxygen atoms in total. The van der Waals surface area contributed by atoms with Crippen molar-refractivity contribution in [2.24, 2.45) is 11.8 Å². The van der Waals surface area contributed by atoms with Gasteiger partial charge in [0.15, 0.2) is 0 Å². The monoisotopic (exact) mass is 138 g/mol. The Kier molecular flexibility index (Phi) is 2.53. The van der Waals surface area contributed by atoms with E-state index in [-0.39, 0.29) is 0 Å². The van der Waals surface area contributed by atoms with Crippen LogP contribution in [-0.2, 0) is 0 Å². The Balaban J connectivity index is 2.07. The zero-order valence-corrected chi connectivity index (χ0v) is 7.19. The molecule has 0 N–H and O–H groups in total. The highest BCUT2D eigenvalue weighted by Gasteiger charge is 2.31. The fourth-order valence-electron chi connectivity index (χ4n) is 1.51. The van der Waals surface area contributed by atoms with Crippen molar-refractivity contribution in [2.75, 3.05) is 0 Å². The third-order valence-electron chi connectivity index (χ3n) is 2.43. The number of hydrogen-bond donors (Lipinski definition) is 0. The van der Waals surface area contributed by atoms with Crippen molar-refractivity contribution in [3.63, 3.8) is 0 Å². The number of allylic oxidation sites excluding steroid dienone is 1. The summed E-state index contributed by atoms with van der Waals surface area (Å²) in [6, 6.07) is 0. The maximum Gasteiger partial charge on any atom is -0.0292 e. The minimum atomic E-state index is 0.994. The van der Waals surface area contributed by atoms with E-state index < -0.39 is 0 Å². The minimum Gasteiger partial charge on any atom is -0.0999 e. The fourth-order valence-corrected chi connectivity index (χ4v) is 1.51. The number of hydrogen-bond acceptors (Lipinski definition) is 0. The number of rotatable bonds is 4. The molecule has 2 unspecified atom stereocenters. The van der Waals surface area contributed by atoms with Crippen molar-refractivity contribution in [1.29, 1.82) is 0 Å². The molecule has 58 valence electrons. The molecule has 0 spiro atoms. The highest BCUT2D eigenvalue weighted by atomic mass is 14.4. The summed E-state index contributed by atoms with van der Waals surface area (Å²) in [5, 5.41) is 0. The first-order valence-electron chi connectivity index (χ1n) is 4.40. The summed E-state index contributed by atoms with van der Waals surface area (Å²) in [4.78, 5) is 0. The third kappa shape index (κ3) is 2.17. The lowest BCUT2D eigenvalue weighted by atomic mass is 10.1. The van der Waals surface area contributed by atoms with Gasteiger partial charge in [0.2, 0.25) is 0 Å². The van der Waals surface area contributed by atoms with E-state index in [2.05, 4.69) is 20.4 Å². The van der Waals surface area contributed by atoms with Crippen molar-refractivity contribution in [3.8, 4) is 0 Å². The predicted octanol–water partition coefficient (Wildman–Crippen LogP) is 3.39. The van der Waals surface area contributed by atoms with Crippen LogP contribution in [0.1, 0.15) is 39.5 Å². The third-order valence-corrected chi connectivity index (χ3v) is 2.43. The van der Waals surface area contributed by atoms with E-state index in [1.807, 2.05) is 0 Å². The Morgan fingerprint density at radius 1 is 1.60 bits per heavy atom. The maximum absolute atomic E-state index is 4.06. The summed E-state index contributed by atoms with van der Waals surface area (Å²) in [7, 11) is 0. The average molecular weight is 138 g/mol. The van der Waals surface area contributed by atoms with Crippen LogP contribution in [0.3, 0.4) is 0 Å². The van der Waals surface area contributed by atoms with Crippen LogP contribution in [0, 0.1) is 11.8 Å². The van der Waals surface area contributed by atoms with E-state index in [1.165, 1.54) is 31.3 Å². The highest BCUT2D eigenvalue weighted by molar-refractivity contribution is 5.00. The smallest absolute Gasteiger partial charge is 0.0292 e. The van der Waals surface area contributed by atoms with Gasteiger partial charge in [-0.25, -0.2) is 0 Å². The predicted molar refractivity (Wildman–Crippen MR) is 45.9 cm³/mol. The van der Waals surface area contributed by atoms with E-state index in [1.54, 1.807) is 0 Å². The summed E-state index contributed by atoms with van der Waals surface area (Å²) >= 11 is 0. The molecule has 0 heteroatoms. The molecule has 0 heterocycles. The molecule has 0 radical (unpaired) electrons. The Labute approximate surface area is 64.3 Å². The lowest BCUT2D eigenvalue weighted by Crippen LogP contribution is -1.84. The molecule has 0 bridgehead atoms. The normalized spacial score (nSPS) is 30.2. The molecule has 0 amide bonds. The Bertz CT molecular complexity index is 124. The van der Waals surface area contributed by atoms with Gasteiger partial charge in [0.1, 0.15) is 0 Å². The van der Waals surface area contributed by atoms with Gasteiger partial charge in [0, 0.05) is 0 Å². The van der Waals surface area contributed by atoms with Crippen molar-refractivity contribution in [2.45, 2.75) is 39.5 Å². The molecule has 0 aromatic carbocycles. The van der Waals surface area contributed by atoms with Crippen molar-refractivity contribution in [3.05, 3.63) is 12.2 Å². The van der Waals surface area contributed by atoms with Crippen LogP contribution in [0.15, 0.2) is 12.2 Å². The van der Waals surface area contributed by atoms with Crippen LogP contribution in [0.5, 0.6) is 0 Å². The molecule has 1 saturated carbocycles. The highest BCUT2D eigenvalue weighted by Crippen LogP contribution is 2.42. The Morgan fingerprint density at radius 2 is 2.20 bits per heavy atom. The van der Waals surface area contributed by atoms with E-state index >= 15 is 0 Å². The summed E-state index contributed by atoms with van der Waals surface area (Å²) < 4.78 is 0. The van der Waals surface area contributed by atoms with Crippen LogP contribution in [0.4, 0.5) is 0 Å². The molecule has 0 saturated heterocycles. The first-order valence-corrected chi connectivity index (χ1v) is 4.40. The second kappa shape index (κ2) is 3.23. The van der Waals surface area contributed by atoms with Gasteiger partial charge in [-0.15, -0.1) is 0 Å². The van der Waals surface area contributed by atoms with Crippen LogP contribution in [0.2, 0.25) is 0 Å². The van der Waals surface area contributed by atoms with Gasteiger partial charge in [-0.2, -0.15) is 0 Å². The molecular formula is C10H18. The van der Waals surface area contributed by atoms with Crippen molar-refractivity contribution in [1.82, 2.24) is 0 Å². The Morgan fingerprint density at radius 3 is 2.60 bits per heavy atom. The quantitative estimate of drug-likeness (QED) is 0.522. The van der Waals surface area contributed by atoms with Gasteiger partial charge in [-0.05, 0) is 31.1 Å². The summed E-state index contributed by atoms with van der Waals surface area (Å²) in [6.45, 7) is 8.62. The zero-order chi connectivity index (χ0) is 7.56. The molecular weight excluding hydrogens is 120 g/mol. The maximum atomic E-state index is 4.06. The lowest BCUT2D eigenvalue weighted by molar-refractivity contribution is 0.708. The molecule has 1 aliphatic rings. The first-order chi connectivity index (χ1) is 4.74. The van der Waals surface area contributed by atoms with Gasteiger partial charge in [0.05, 0.1) is 0 Å². The van der Waals surface area contributed by atoms with Crippen LogP contribution in [-0.4, -0.2) is 0 Å². The molecule has 10 heavy (non-hydrogen) atoms. The van der Waals surface area contributed by atoms with E-state index in [9.17, 15) is 0 Å². The van der Waals surface area contributed by atoms with Gasteiger partial charge in [0.25, 0.3) is 0 Å². The lowest BCUT2D eigenvalue weighted by Gasteiger charge is -2.00. The molecule has 1 rings (SSSR count). The average Bonchev–Trinajstić information content (AvgIpc) is 2.47. The summed E-state index contributed by atoms with van der Waals surface area (Å²) in [6.07, 6.45) is 5.25. The van der Waals surface area contributed by atoms with E-state index in [0.717, 1.165) is 11.8 Å². The largest absolute Gasteiger partial charge is 0.0999 e. The second-order valence-corrected chi connectivity index (χ2v) is 3.68. The second-order valence-electron chi connectivity index (χ2n) is 3.68. The summed E-state index contributed by atoms with van der Waals surface area (Å²) in [5.74, 6) is 1.99. The standard InChI is InChI=1S/C10H18/c1-4-5-8(2)6-10-7-9(10)3/h9-10H,2,4-7H2,1,3H3. The van der Waals surface area contributed by atoms with Crippen molar-refractivity contribution < 1.29 is 0 Å². The first kappa shape index (κ1) is 7.84. The van der Waals surface area contributed by atoms with E-state index in [4.69, 9.17) is 0 Å². The molecule has 2 atom stereocenters. The molecule has 0 aromatic rings. The van der Waals surface area contributed by atoms with Gasteiger partial charge in [-0.1, -0.05) is 32.4 Å². The fraction of sp³-hybridized carbons (Fsp3) is 0.800. The van der Waals surface area contributed by atoms with Gasteiger partial charge < -0.3 is 0 Å². The van der Waals surface area contributed by atoms with Crippen molar-refractivity contribution >= 4 is 0 Å². The van der Waals surface area contributed by atoms with Crippen LogP contribution in [0.25, 0.3) is 0 Å². The molecule has 1 aliphatic carbocycles. The van der Waals surface area contributed by atoms with Gasteiger partial charge in [-0.3, -0.25) is 0 Å². The molecule has 0 aliphatic heterocycles. The van der Waals surface area contributed by atoms with Crippen LogP contribution < -0.4 is 0 Å². The Hall–Kier alpha value is -0.260.